The Morgan fingerprint density at radius 1 is 1.17 bits per heavy atom. The average molecular weight is 368 g/mol. The van der Waals surface area contributed by atoms with Crippen molar-refractivity contribution < 1.29 is 17.9 Å². The van der Waals surface area contributed by atoms with E-state index in [0.29, 0.717) is 16.1 Å². The third-order valence-electron chi connectivity index (χ3n) is 3.60. The molecule has 0 fully saturated rings. The van der Waals surface area contributed by atoms with Gasteiger partial charge in [0.25, 0.3) is 0 Å². The van der Waals surface area contributed by atoms with Gasteiger partial charge in [-0.15, -0.1) is 0 Å². The highest BCUT2D eigenvalue weighted by Gasteiger charge is 2.23. The Bertz CT molecular complexity index is 847. The summed E-state index contributed by atoms with van der Waals surface area (Å²) in [6, 6.07) is 11.4. The average Bonchev–Trinajstić information content (AvgIpc) is 2.55. The number of nitrogens with zero attached hydrogens (tertiary/aromatic N) is 1. The van der Waals surface area contributed by atoms with Crippen LogP contribution in [0.2, 0.25) is 5.02 Å². The first-order chi connectivity index (χ1) is 11.3. The molecule has 0 atom stereocenters. The van der Waals surface area contributed by atoms with Crippen LogP contribution < -0.4 is 0 Å². The first kappa shape index (κ1) is 18.4. The number of sulfonamides is 1. The highest BCUT2D eigenvalue weighted by atomic mass is 35.5. The van der Waals surface area contributed by atoms with E-state index >= 15 is 0 Å². The zero-order chi connectivity index (χ0) is 17.9. The lowest BCUT2D eigenvalue weighted by Gasteiger charge is -2.19. The maximum Gasteiger partial charge on any atom is 0.337 e. The van der Waals surface area contributed by atoms with Crippen molar-refractivity contribution >= 4 is 27.6 Å². The van der Waals surface area contributed by atoms with Crippen molar-refractivity contribution in [3.8, 4) is 0 Å². The molecule has 2 aromatic carbocycles. The summed E-state index contributed by atoms with van der Waals surface area (Å²) in [5.74, 6) is -0.503. The van der Waals surface area contributed by atoms with Crippen LogP contribution in [0.5, 0.6) is 0 Å². The third kappa shape index (κ3) is 3.95. The van der Waals surface area contributed by atoms with Gasteiger partial charge in [-0.05, 0) is 48.4 Å². The van der Waals surface area contributed by atoms with Gasteiger partial charge in [0.15, 0.2) is 0 Å². The van der Waals surface area contributed by atoms with Crippen molar-refractivity contribution in [2.24, 2.45) is 0 Å². The second kappa shape index (κ2) is 7.34. The van der Waals surface area contributed by atoms with Crippen LogP contribution in [0.4, 0.5) is 0 Å². The minimum Gasteiger partial charge on any atom is -0.465 e. The summed E-state index contributed by atoms with van der Waals surface area (Å²) < 4.78 is 31.4. The molecule has 2 aromatic rings. The van der Waals surface area contributed by atoms with E-state index in [9.17, 15) is 13.2 Å². The minimum absolute atomic E-state index is 0.159. The van der Waals surface area contributed by atoms with E-state index < -0.39 is 16.0 Å². The van der Waals surface area contributed by atoms with Crippen LogP contribution in [0, 0.1) is 6.92 Å². The second-order valence-corrected chi connectivity index (χ2v) is 7.81. The number of ether oxygens (including phenoxy) is 1. The zero-order valence-corrected chi connectivity index (χ0v) is 15.2. The molecule has 0 radical (unpaired) electrons. The van der Waals surface area contributed by atoms with Crippen molar-refractivity contribution in [3.05, 3.63) is 64.2 Å². The summed E-state index contributed by atoms with van der Waals surface area (Å²) in [6.45, 7) is 1.87. The van der Waals surface area contributed by atoms with Gasteiger partial charge >= 0.3 is 5.97 Å². The van der Waals surface area contributed by atoms with Crippen LogP contribution in [0.25, 0.3) is 0 Å². The maximum absolute atomic E-state index is 12.8. The number of methoxy groups -OCH3 is 1. The molecule has 0 unspecified atom stereocenters. The fourth-order valence-corrected chi connectivity index (χ4v) is 3.77. The van der Waals surface area contributed by atoms with Crippen LogP contribution in [-0.4, -0.2) is 32.8 Å². The van der Waals surface area contributed by atoms with E-state index in [2.05, 4.69) is 4.74 Å². The van der Waals surface area contributed by atoms with Crippen LogP contribution in [0.1, 0.15) is 21.5 Å². The Morgan fingerprint density at radius 3 is 2.33 bits per heavy atom. The highest BCUT2D eigenvalue weighted by molar-refractivity contribution is 7.89. The number of benzene rings is 2. The lowest BCUT2D eigenvalue weighted by Crippen LogP contribution is -2.27. The monoisotopic (exact) mass is 367 g/mol. The van der Waals surface area contributed by atoms with E-state index in [1.165, 1.54) is 36.7 Å². The molecule has 0 aromatic heterocycles. The molecule has 0 N–H and O–H groups in total. The molecule has 0 aliphatic rings. The van der Waals surface area contributed by atoms with E-state index in [-0.39, 0.29) is 11.4 Å². The van der Waals surface area contributed by atoms with Gasteiger partial charge in [-0.2, -0.15) is 4.31 Å². The number of hydrogen-bond acceptors (Lipinski definition) is 4. The Morgan fingerprint density at radius 2 is 1.79 bits per heavy atom. The summed E-state index contributed by atoms with van der Waals surface area (Å²) >= 11 is 5.84. The SMILES string of the molecule is COC(=O)c1ccc(S(=O)(=O)N(C)Cc2ccc(Cl)cc2)c(C)c1. The Labute approximate surface area is 146 Å². The van der Waals surface area contributed by atoms with Gasteiger partial charge in [0.2, 0.25) is 10.0 Å². The molecule has 128 valence electrons. The molecule has 0 bridgehead atoms. The molecular weight excluding hydrogens is 350 g/mol. The van der Waals surface area contributed by atoms with E-state index in [1.807, 2.05) is 0 Å². The molecule has 7 heteroatoms. The molecule has 0 aliphatic carbocycles. The van der Waals surface area contributed by atoms with Gasteiger partial charge in [0.05, 0.1) is 17.6 Å². The Kier molecular flexibility index (Phi) is 5.64. The smallest absolute Gasteiger partial charge is 0.337 e. The molecule has 24 heavy (non-hydrogen) atoms. The van der Waals surface area contributed by atoms with Crippen LogP contribution >= 0.6 is 11.6 Å². The van der Waals surface area contributed by atoms with Crippen molar-refractivity contribution in [3.63, 3.8) is 0 Å². The van der Waals surface area contributed by atoms with Gasteiger partial charge in [-0.1, -0.05) is 23.7 Å². The quantitative estimate of drug-likeness (QED) is 0.761. The lowest BCUT2D eigenvalue weighted by atomic mass is 10.1. The Hall–Kier alpha value is -1.89. The summed E-state index contributed by atoms with van der Waals surface area (Å²) in [5, 5.41) is 0.596. The number of esters is 1. The van der Waals surface area contributed by atoms with Crippen LogP contribution in [0.3, 0.4) is 0 Å². The largest absolute Gasteiger partial charge is 0.465 e. The predicted octanol–water partition coefficient (Wildman–Crippen LogP) is 3.26. The number of aryl methyl sites for hydroxylation is 1. The van der Waals surface area contributed by atoms with Crippen LogP contribution in [0.15, 0.2) is 47.4 Å². The topological polar surface area (TPSA) is 63.7 Å². The molecular formula is C17H18ClNO4S. The molecule has 0 spiro atoms. The fraction of sp³-hybridized carbons (Fsp3) is 0.235. The molecule has 0 saturated heterocycles. The van der Waals surface area contributed by atoms with Crippen molar-refractivity contribution in [2.45, 2.75) is 18.4 Å². The van der Waals surface area contributed by atoms with Gasteiger partial charge < -0.3 is 4.74 Å². The van der Waals surface area contributed by atoms with E-state index in [4.69, 9.17) is 11.6 Å². The normalized spacial score (nSPS) is 11.5. The van der Waals surface area contributed by atoms with Gasteiger partial charge in [-0.25, -0.2) is 13.2 Å². The van der Waals surface area contributed by atoms with Crippen LogP contribution in [-0.2, 0) is 21.3 Å². The number of rotatable bonds is 5. The first-order valence-electron chi connectivity index (χ1n) is 7.15. The molecule has 5 nitrogen and oxygen atoms in total. The van der Waals surface area contributed by atoms with Crippen molar-refractivity contribution in [1.82, 2.24) is 4.31 Å². The lowest BCUT2D eigenvalue weighted by molar-refractivity contribution is 0.0600. The minimum atomic E-state index is -3.68. The second-order valence-electron chi connectivity index (χ2n) is 5.36. The summed E-state index contributed by atoms with van der Waals surface area (Å²) in [6.07, 6.45) is 0. The van der Waals surface area contributed by atoms with Gasteiger partial charge in [0.1, 0.15) is 0 Å². The first-order valence-corrected chi connectivity index (χ1v) is 8.97. The number of hydrogen-bond donors (Lipinski definition) is 0. The standard InChI is InChI=1S/C17H18ClNO4S/c1-12-10-14(17(20)23-3)6-9-16(12)24(21,22)19(2)11-13-4-7-15(18)8-5-13/h4-10H,11H2,1-3H3. The van der Waals surface area contributed by atoms with Gasteiger partial charge in [0, 0.05) is 18.6 Å². The van der Waals surface area contributed by atoms with Crippen molar-refractivity contribution in [1.29, 1.82) is 0 Å². The van der Waals surface area contributed by atoms with Crippen molar-refractivity contribution in [2.75, 3.05) is 14.2 Å². The fourth-order valence-electron chi connectivity index (χ4n) is 2.28. The predicted molar refractivity (Wildman–Crippen MR) is 92.6 cm³/mol. The van der Waals surface area contributed by atoms with E-state index in [1.54, 1.807) is 31.2 Å². The summed E-state index contributed by atoms with van der Waals surface area (Å²) in [4.78, 5) is 11.7. The molecule has 0 heterocycles. The van der Waals surface area contributed by atoms with E-state index in [0.717, 1.165) is 5.56 Å². The zero-order valence-electron chi connectivity index (χ0n) is 13.6. The Balaban J connectivity index is 2.28. The number of halogens is 1. The summed E-state index contributed by atoms with van der Waals surface area (Å²) in [7, 11) is -0.887. The molecule has 0 aliphatic heterocycles. The number of carbonyl (C=O) groups excluding carboxylic acids is 1. The molecule has 2 rings (SSSR count). The maximum atomic E-state index is 12.8. The highest BCUT2D eigenvalue weighted by Crippen LogP contribution is 2.22. The summed E-state index contributed by atoms with van der Waals surface area (Å²) in [5.41, 5.74) is 1.63. The third-order valence-corrected chi connectivity index (χ3v) is 5.82. The molecule has 0 saturated carbocycles. The number of carbonyl (C=O) groups is 1. The molecule has 0 amide bonds. The van der Waals surface area contributed by atoms with Gasteiger partial charge in [-0.3, -0.25) is 0 Å².